The molecule has 8 heteroatoms. The predicted molar refractivity (Wildman–Crippen MR) is 90.5 cm³/mol. The summed E-state index contributed by atoms with van der Waals surface area (Å²) >= 11 is 0. The van der Waals surface area contributed by atoms with E-state index in [4.69, 9.17) is 9.15 Å². The summed E-state index contributed by atoms with van der Waals surface area (Å²) in [6.07, 6.45) is 1.17. The minimum absolute atomic E-state index is 0.155. The largest absolute Gasteiger partial charge is 0.484 e. The average Bonchev–Trinajstić information content (AvgIpc) is 3.09. The summed E-state index contributed by atoms with van der Waals surface area (Å²) in [4.78, 5) is 21.5. The first-order valence-corrected chi connectivity index (χ1v) is 7.29. The van der Waals surface area contributed by atoms with E-state index in [9.17, 15) is 14.9 Å². The van der Waals surface area contributed by atoms with E-state index in [1.165, 1.54) is 18.3 Å². The number of hydrogen-bond acceptors (Lipinski definition) is 6. The molecule has 0 saturated heterocycles. The molecule has 0 unspecified atom stereocenters. The topological polar surface area (TPSA) is 107 Å². The SMILES string of the molecule is O=C(COc1ccc2ccccc2c1)N/N=C/c1ccc([N+](=O)[O-])o1. The first-order valence-electron chi connectivity index (χ1n) is 7.29. The molecule has 3 rings (SSSR count). The third kappa shape index (κ3) is 4.20. The summed E-state index contributed by atoms with van der Waals surface area (Å²) in [5.41, 5.74) is 2.25. The highest BCUT2D eigenvalue weighted by molar-refractivity contribution is 5.84. The monoisotopic (exact) mass is 339 g/mol. The van der Waals surface area contributed by atoms with Crippen LogP contribution in [0.25, 0.3) is 10.8 Å². The molecule has 0 bridgehead atoms. The fourth-order valence-corrected chi connectivity index (χ4v) is 2.12. The summed E-state index contributed by atoms with van der Waals surface area (Å²) in [7, 11) is 0. The molecule has 1 amide bonds. The zero-order valence-electron chi connectivity index (χ0n) is 12.9. The maximum Gasteiger partial charge on any atom is 0.433 e. The van der Waals surface area contributed by atoms with Crippen LogP contribution in [0, 0.1) is 10.1 Å². The van der Waals surface area contributed by atoms with E-state index in [2.05, 4.69) is 10.5 Å². The van der Waals surface area contributed by atoms with E-state index in [0.29, 0.717) is 5.75 Å². The molecule has 126 valence electrons. The van der Waals surface area contributed by atoms with E-state index >= 15 is 0 Å². The molecule has 0 aliphatic heterocycles. The summed E-state index contributed by atoms with van der Waals surface area (Å²) < 4.78 is 10.3. The molecule has 0 radical (unpaired) electrons. The molecule has 0 aliphatic carbocycles. The first-order chi connectivity index (χ1) is 12.1. The van der Waals surface area contributed by atoms with Gasteiger partial charge in [-0.2, -0.15) is 5.10 Å². The molecule has 1 heterocycles. The number of ether oxygens (including phenoxy) is 1. The van der Waals surface area contributed by atoms with Crippen LogP contribution in [0.15, 0.2) is 64.1 Å². The van der Waals surface area contributed by atoms with E-state index in [1.54, 1.807) is 6.07 Å². The second kappa shape index (κ2) is 7.26. The molecular weight excluding hydrogens is 326 g/mol. The molecule has 0 saturated carbocycles. The number of nitro groups is 1. The van der Waals surface area contributed by atoms with Gasteiger partial charge in [-0.05, 0) is 29.0 Å². The number of fused-ring (bicyclic) bond motifs is 1. The van der Waals surface area contributed by atoms with Gasteiger partial charge >= 0.3 is 5.88 Å². The maximum atomic E-state index is 11.7. The summed E-state index contributed by atoms with van der Waals surface area (Å²) in [6, 6.07) is 15.9. The van der Waals surface area contributed by atoms with Gasteiger partial charge in [0.15, 0.2) is 12.4 Å². The van der Waals surface area contributed by atoms with Gasteiger partial charge in [0.1, 0.15) is 10.7 Å². The second-order valence-corrected chi connectivity index (χ2v) is 5.02. The zero-order valence-corrected chi connectivity index (χ0v) is 12.9. The normalized spacial score (nSPS) is 10.9. The standard InChI is InChI=1S/C17H13N3O5/c21-16(19-18-10-15-7-8-17(25-15)20(22)23)11-24-14-6-5-12-3-1-2-4-13(12)9-14/h1-10H,11H2,(H,19,21)/b18-10+. The quantitative estimate of drug-likeness (QED) is 0.422. The lowest BCUT2D eigenvalue weighted by Crippen LogP contribution is -2.24. The van der Waals surface area contributed by atoms with Crippen molar-refractivity contribution in [3.8, 4) is 5.75 Å². The third-order valence-electron chi connectivity index (χ3n) is 3.26. The van der Waals surface area contributed by atoms with Crippen LogP contribution in [0.5, 0.6) is 5.75 Å². The number of carbonyl (C=O) groups is 1. The van der Waals surface area contributed by atoms with Crippen LogP contribution in [-0.4, -0.2) is 23.7 Å². The Balaban J connectivity index is 1.51. The van der Waals surface area contributed by atoms with Crippen LogP contribution in [0.4, 0.5) is 5.88 Å². The molecule has 0 spiro atoms. The van der Waals surface area contributed by atoms with E-state index in [0.717, 1.165) is 10.8 Å². The zero-order chi connectivity index (χ0) is 17.6. The minimum Gasteiger partial charge on any atom is -0.484 e. The Morgan fingerprint density at radius 1 is 1.20 bits per heavy atom. The number of amides is 1. The highest BCUT2D eigenvalue weighted by atomic mass is 16.6. The summed E-state index contributed by atoms with van der Waals surface area (Å²) in [5, 5.41) is 16.2. The van der Waals surface area contributed by atoms with Gasteiger partial charge in [0.25, 0.3) is 5.91 Å². The Morgan fingerprint density at radius 2 is 2.00 bits per heavy atom. The third-order valence-corrected chi connectivity index (χ3v) is 3.26. The summed E-state index contributed by atoms with van der Waals surface area (Å²) in [5.74, 6) is -0.139. The van der Waals surface area contributed by atoms with Crippen molar-refractivity contribution in [2.75, 3.05) is 6.61 Å². The van der Waals surface area contributed by atoms with Crippen molar-refractivity contribution in [3.63, 3.8) is 0 Å². The van der Waals surface area contributed by atoms with Crippen LogP contribution < -0.4 is 10.2 Å². The van der Waals surface area contributed by atoms with Gasteiger partial charge in [-0.1, -0.05) is 30.3 Å². The second-order valence-electron chi connectivity index (χ2n) is 5.02. The molecular formula is C17H13N3O5. The number of furan rings is 1. The van der Waals surface area contributed by atoms with Gasteiger partial charge in [0, 0.05) is 0 Å². The smallest absolute Gasteiger partial charge is 0.433 e. The van der Waals surface area contributed by atoms with Crippen molar-refractivity contribution in [2.45, 2.75) is 0 Å². The average molecular weight is 339 g/mol. The van der Waals surface area contributed by atoms with Crippen molar-refractivity contribution in [3.05, 3.63) is 70.5 Å². The molecule has 1 N–H and O–H groups in total. The highest BCUT2D eigenvalue weighted by Gasteiger charge is 2.10. The fraction of sp³-hybridized carbons (Fsp3) is 0.0588. The lowest BCUT2D eigenvalue weighted by Gasteiger charge is -2.06. The van der Waals surface area contributed by atoms with Crippen LogP contribution in [0.1, 0.15) is 5.76 Å². The van der Waals surface area contributed by atoms with Crippen molar-refractivity contribution < 1.29 is 18.9 Å². The molecule has 8 nitrogen and oxygen atoms in total. The number of nitrogens with one attached hydrogen (secondary N) is 1. The molecule has 3 aromatic rings. The van der Waals surface area contributed by atoms with Gasteiger partial charge in [0.05, 0.1) is 12.3 Å². The molecule has 0 fully saturated rings. The minimum atomic E-state index is -0.659. The molecule has 0 atom stereocenters. The van der Waals surface area contributed by atoms with E-state index in [-0.39, 0.29) is 12.4 Å². The van der Waals surface area contributed by atoms with Crippen LogP contribution >= 0.6 is 0 Å². The molecule has 1 aromatic heterocycles. The van der Waals surface area contributed by atoms with Crippen molar-refractivity contribution in [2.24, 2.45) is 5.10 Å². The molecule has 0 aliphatic rings. The van der Waals surface area contributed by atoms with Gasteiger partial charge in [-0.25, -0.2) is 5.43 Å². The van der Waals surface area contributed by atoms with Crippen molar-refractivity contribution >= 4 is 28.8 Å². The first kappa shape index (κ1) is 16.2. The number of hydrogen-bond donors (Lipinski definition) is 1. The number of benzene rings is 2. The van der Waals surface area contributed by atoms with E-state index in [1.807, 2.05) is 36.4 Å². The number of rotatable bonds is 6. The molecule has 25 heavy (non-hydrogen) atoms. The van der Waals surface area contributed by atoms with Crippen LogP contribution in [0.2, 0.25) is 0 Å². The van der Waals surface area contributed by atoms with Crippen LogP contribution in [-0.2, 0) is 4.79 Å². The Hall–Kier alpha value is -3.68. The number of nitrogens with zero attached hydrogens (tertiary/aromatic N) is 2. The van der Waals surface area contributed by atoms with Gasteiger partial charge < -0.3 is 9.15 Å². The maximum absolute atomic E-state index is 11.7. The Kier molecular flexibility index (Phi) is 4.70. The van der Waals surface area contributed by atoms with Crippen LogP contribution in [0.3, 0.4) is 0 Å². The Labute approximate surface area is 141 Å². The van der Waals surface area contributed by atoms with Crippen molar-refractivity contribution in [1.29, 1.82) is 0 Å². The summed E-state index contributed by atoms with van der Waals surface area (Å²) in [6.45, 7) is -0.214. The van der Waals surface area contributed by atoms with Crippen molar-refractivity contribution in [1.82, 2.24) is 5.43 Å². The van der Waals surface area contributed by atoms with Gasteiger partial charge in [-0.15, -0.1) is 0 Å². The lowest BCUT2D eigenvalue weighted by molar-refractivity contribution is -0.402. The van der Waals surface area contributed by atoms with Gasteiger partial charge in [0.2, 0.25) is 0 Å². The lowest BCUT2D eigenvalue weighted by atomic mass is 10.1. The van der Waals surface area contributed by atoms with Gasteiger partial charge in [-0.3, -0.25) is 14.9 Å². The highest BCUT2D eigenvalue weighted by Crippen LogP contribution is 2.20. The Bertz CT molecular complexity index is 948. The van der Waals surface area contributed by atoms with E-state index < -0.39 is 16.7 Å². The fourth-order valence-electron chi connectivity index (χ4n) is 2.12. The Morgan fingerprint density at radius 3 is 2.76 bits per heavy atom. The molecule has 2 aromatic carbocycles. The number of hydrazone groups is 1. The predicted octanol–water partition coefficient (Wildman–Crippen LogP) is 2.87. The number of carbonyl (C=O) groups excluding carboxylic acids is 1.